The first-order valence-corrected chi connectivity index (χ1v) is 17.2. The first kappa shape index (κ1) is 35.9. The van der Waals surface area contributed by atoms with Gasteiger partial charge in [-0.3, -0.25) is 9.69 Å². The lowest BCUT2D eigenvalue weighted by Gasteiger charge is -2.35. The minimum absolute atomic E-state index is 0.397. The van der Waals surface area contributed by atoms with Crippen LogP contribution in [0.25, 0.3) is 0 Å². The molecule has 1 fully saturated rings. The quantitative estimate of drug-likeness (QED) is 0.0891. The number of carbonyl (C=O) groups is 1. The molecule has 0 radical (unpaired) electrons. The predicted molar refractivity (Wildman–Crippen MR) is 173 cm³/mol. The van der Waals surface area contributed by atoms with Gasteiger partial charge in [0.1, 0.15) is 0 Å². The number of allylic oxidation sites excluding steroid dienone is 4. The van der Waals surface area contributed by atoms with Crippen LogP contribution >= 0.6 is 0 Å². The summed E-state index contributed by atoms with van der Waals surface area (Å²) in [5, 5.41) is 0. The van der Waals surface area contributed by atoms with Crippen molar-refractivity contribution in [2.75, 3.05) is 32.7 Å². The van der Waals surface area contributed by atoms with Crippen molar-refractivity contribution in [2.24, 2.45) is 5.92 Å². The summed E-state index contributed by atoms with van der Waals surface area (Å²) in [5.41, 5.74) is 2.96. The van der Waals surface area contributed by atoms with E-state index in [0.29, 0.717) is 5.91 Å². The summed E-state index contributed by atoms with van der Waals surface area (Å²) in [6, 6.07) is 0. The molecule has 3 heteroatoms. The number of amides is 1. The maximum Gasteiger partial charge on any atom is 0.222 e. The molecule has 0 spiro atoms. The van der Waals surface area contributed by atoms with Gasteiger partial charge in [0.2, 0.25) is 5.91 Å². The fourth-order valence-corrected chi connectivity index (χ4v) is 5.70. The summed E-state index contributed by atoms with van der Waals surface area (Å²) in [6.07, 6.45) is 30.8. The topological polar surface area (TPSA) is 23.6 Å². The third kappa shape index (κ3) is 21.3. The van der Waals surface area contributed by atoms with Crippen LogP contribution in [0.1, 0.15) is 163 Å². The van der Waals surface area contributed by atoms with Crippen LogP contribution in [0.4, 0.5) is 0 Å². The highest BCUT2D eigenvalue weighted by atomic mass is 16.2. The zero-order chi connectivity index (χ0) is 28.6. The van der Waals surface area contributed by atoms with Crippen molar-refractivity contribution >= 4 is 5.91 Å². The molecule has 0 aromatic rings. The fraction of sp³-hybridized carbons (Fsp3) is 0.861. The Morgan fingerprint density at radius 3 is 1.74 bits per heavy atom. The number of carbonyl (C=O) groups excluding carboxylic acids is 1. The Balaban J connectivity index is 1.97. The van der Waals surface area contributed by atoms with Crippen molar-refractivity contribution < 1.29 is 4.79 Å². The number of unbranched alkanes of at least 4 members (excludes halogenated alkanes) is 13. The molecule has 0 aromatic heterocycles. The molecule has 0 aromatic carbocycles. The van der Waals surface area contributed by atoms with E-state index in [1.165, 1.54) is 133 Å². The van der Waals surface area contributed by atoms with Gasteiger partial charge in [-0.05, 0) is 71.8 Å². The molecule has 0 N–H and O–H groups in total. The van der Waals surface area contributed by atoms with Crippen LogP contribution in [0.15, 0.2) is 23.3 Å². The van der Waals surface area contributed by atoms with Crippen LogP contribution in [-0.4, -0.2) is 48.4 Å². The highest BCUT2D eigenvalue weighted by Gasteiger charge is 2.20. The molecule has 1 atom stereocenters. The molecule has 3 nitrogen and oxygen atoms in total. The Labute approximate surface area is 245 Å². The normalized spacial score (nSPS) is 15.5. The minimum Gasteiger partial charge on any atom is -0.340 e. The molecule has 1 unspecified atom stereocenters. The monoisotopic (exact) mass is 545 g/mol. The van der Waals surface area contributed by atoms with Crippen LogP contribution in [0.3, 0.4) is 0 Å². The Hall–Kier alpha value is -1.09. The Morgan fingerprint density at radius 2 is 1.21 bits per heavy atom. The van der Waals surface area contributed by atoms with E-state index in [-0.39, 0.29) is 0 Å². The molecule has 1 aliphatic rings. The largest absolute Gasteiger partial charge is 0.340 e. The van der Waals surface area contributed by atoms with Crippen LogP contribution in [0.5, 0.6) is 0 Å². The van der Waals surface area contributed by atoms with Crippen LogP contribution in [-0.2, 0) is 4.79 Å². The zero-order valence-electron chi connectivity index (χ0n) is 27.2. The predicted octanol–water partition coefficient (Wildman–Crippen LogP) is 10.5. The first-order chi connectivity index (χ1) is 18.9. The molecule has 1 aliphatic heterocycles. The van der Waals surface area contributed by atoms with Crippen molar-refractivity contribution in [3.63, 3.8) is 0 Å². The highest BCUT2D eigenvalue weighted by molar-refractivity contribution is 5.76. The molecular formula is C36H68N2O. The van der Waals surface area contributed by atoms with Crippen molar-refractivity contribution in [3.8, 4) is 0 Å². The minimum atomic E-state index is 0.397. The number of rotatable bonds is 24. The average Bonchev–Trinajstić information content (AvgIpc) is 2.92. The number of hydrogen-bond donors (Lipinski definition) is 0. The van der Waals surface area contributed by atoms with Gasteiger partial charge < -0.3 is 4.90 Å². The van der Waals surface area contributed by atoms with E-state index in [9.17, 15) is 4.79 Å². The Kier molecular flexibility index (Phi) is 22.7. The van der Waals surface area contributed by atoms with E-state index in [1.807, 2.05) is 0 Å². The van der Waals surface area contributed by atoms with E-state index < -0.39 is 0 Å². The molecule has 1 saturated heterocycles. The molecule has 0 bridgehead atoms. The Morgan fingerprint density at radius 1 is 0.667 bits per heavy atom. The molecule has 39 heavy (non-hydrogen) atoms. The number of piperazine rings is 1. The smallest absolute Gasteiger partial charge is 0.222 e. The van der Waals surface area contributed by atoms with Gasteiger partial charge in [0, 0.05) is 32.6 Å². The van der Waals surface area contributed by atoms with Crippen molar-refractivity contribution in [1.82, 2.24) is 9.80 Å². The molecule has 1 rings (SSSR count). The molecule has 1 heterocycles. The van der Waals surface area contributed by atoms with Crippen LogP contribution < -0.4 is 0 Å². The summed E-state index contributed by atoms with van der Waals surface area (Å²) < 4.78 is 0. The van der Waals surface area contributed by atoms with E-state index >= 15 is 0 Å². The molecule has 0 aliphatic carbocycles. The second-order valence-corrected chi connectivity index (χ2v) is 12.9. The summed E-state index contributed by atoms with van der Waals surface area (Å²) in [7, 11) is 0. The number of hydrogen-bond acceptors (Lipinski definition) is 2. The van der Waals surface area contributed by atoms with E-state index in [4.69, 9.17) is 0 Å². The van der Waals surface area contributed by atoms with Gasteiger partial charge in [-0.1, -0.05) is 121 Å². The lowest BCUT2D eigenvalue weighted by Crippen LogP contribution is -2.48. The second-order valence-electron chi connectivity index (χ2n) is 12.9. The van der Waals surface area contributed by atoms with E-state index in [0.717, 1.165) is 44.9 Å². The Bertz CT molecular complexity index is 640. The molecular weight excluding hydrogens is 476 g/mol. The van der Waals surface area contributed by atoms with Gasteiger partial charge in [0.25, 0.3) is 0 Å². The van der Waals surface area contributed by atoms with Gasteiger partial charge >= 0.3 is 0 Å². The van der Waals surface area contributed by atoms with Crippen molar-refractivity contribution in [1.29, 1.82) is 0 Å². The summed E-state index contributed by atoms with van der Waals surface area (Å²) >= 11 is 0. The summed E-state index contributed by atoms with van der Waals surface area (Å²) in [6.45, 7) is 16.5. The maximum atomic E-state index is 12.7. The van der Waals surface area contributed by atoms with Crippen LogP contribution in [0.2, 0.25) is 0 Å². The average molecular weight is 545 g/mol. The van der Waals surface area contributed by atoms with Gasteiger partial charge in [-0.15, -0.1) is 0 Å². The fourth-order valence-electron chi connectivity index (χ4n) is 5.70. The molecule has 228 valence electrons. The maximum absolute atomic E-state index is 12.7. The standard InChI is InChI=1S/C36H68N2O/c1-6-7-8-9-10-11-12-13-14-15-16-17-18-19-26-36(39)38-31-29-37(30-32-38)28-27-35(5)25-21-24-34(4)23-20-22-33(2)3/h22,24,35H,6-21,23,25-32H2,1-5H3/b34-24+. The second kappa shape index (κ2) is 24.7. The van der Waals surface area contributed by atoms with Crippen molar-refractivity contribution in [2.45, 2.75) is 163 Å². The third-order valence-electron chi connectivity index (χ3n) is 8.65. The lowest BCUT2D eigenvalue weighted by atomic mass is 9.99. The SMILES string of the molecule is CCCCCCCCCCCCCCCCC(=O)N1CCN(CCC(C)CC/C=C(\C)CCC=C(C)C)CC1. The summed E-state index contributed by atoms with van der Waals surface area (Å²) in [4.78, 5) is 17.4. The van der Waals surface area contributed by atoms with Gasteiger partial charge in [-0.2, -0.15) is 0 Å². The van der Waals surface area contributed by atoms with E-state index in [2.05, 4.69) is 56.6 Å². The zero-order valence-corrected chi connectivity index (χ0v) is 27.2. The van der Waals surface area contributed by atoms with Crippen LogP contribution in [0, 0.1) is 5.92 Å². The third-order valence-corrected chi connectivity index (χ3v) is 8.65. The molecule has 1 amide bonds. The van der Waals surface area contributed by atoms with E-state index in [1.54, 1.807) is 0 Å². The first-order valence-electron chi connectivity index (χ1n) is 17.2. The highest BCUT2D eigenvalue weighted by Crippen LogP contribution is 2.17. The van der Waals surface area contributed by atoms with Gasteiger partial charge in [0.05, 0.1) is 0 Å². The van der Waals surface area contributed by atoms with Gasteiger partial charge in [-0.25, -0.2) is 0 Å². The lowest BCUT2D eigenvalue weighted by molar-refractivity contribution is -0.133. The van der Waals surface area contributed by atoms with Gasteiger partial charge in [0.15, 0.2) is 0 Å². The van der Waals surface area contributed by atoms with Crippen molar-refractivity contribution in [3.05, 3.63) is 23.3 Å². The summed E-state index contributed by atoms with van der Waals surface area (Å²) in [5.74, 6) is 1.17. The molecule has 0 saturated carbocycles. The number of nitrogens with zero attached hydrogens (tertiary/aromatic N) is 2.